The second-order valence-electron chi connectivity index (χ2n) is 5.90. The molecule has 1 saturated heterocycles. The molecule has 1 aliphatic rings. The molecule has 1 amide bonds. The van der Waals surface area contributed by atoms with Crippen molar-refractivity contribution >= 4 is 23.2 Å². The van der Waals surface area contributed by atoms with E-state index in [1.807, 2.05) is 12.1 Å². The molecule has 1 aromatic heterocycles. The lowest BCUT2D eigenvalue weighted by atomic mass is 10.1. The third-order valence-electron chi connectivity index (χ3n) is 4.31. The summed E-state index contributed by atoms with van der Waals surface area (Å²) in [5.74, 6) is 0.270. The molecule has 1 aliphatic heterocycles. The third-order valence-corrected chi connectivity index (χ3v) is 4.55. The van der Waals surface area contributed by atoms with E-state index < -0.39 is 10.8 Å². The van der Waals surface area contributed by atoms with Gasteiger partial charge in [-0.25, -0.2) is 0 Å². The number of nitrogens with one attached hydrogen (secondary N) is 1. The summed E-state index contributed by atoms with van der Waals surface area (Å²) >= 11 is 5.79. The van der Waals surface area contributed by atoms with E-state index in [1.54, 1.807) is 6.26 Å². The lowest BCUT2D eigenvalue weighted by Crippen LogP contribution is -2.36. The van der Waals surface area contributed by atoms with Gasteiger partial charge in [0.25, 0.3) is 11.6 Å². The predicted octanol–water partition coefficient (Wildman–Crippen LogP) is 3.41. The zero-order chi connectivity index (χ0) is 17.8. The maximum absolute atomic E-state index is 12.5. The molecule has 0 saturated carbocycles. The van der Waals surface area contributed by atoms with Crippen LogP contribution in [0, 0.1) is 10.1 Å². The summed E-state index contributed by atoms with van der Waals surface area (Å²) in [6.07, 6.45) is 3.81. The smallest absolute Gasteiger partial charge is 0.283 e. The van der Waals surface area contributed by atoms with Gasteiger partial charge in [0.15, 0.2) is 0 Å². The number of furan rings is 1. The fourth-order valence-corrected chi connectivity index (χ4v) is 3.24. The topological polar surface area (TPSA) is 88.6 Å². The molecule has 2 heterocycles. The van der Waals surface area contributed by atoms with Crippen LogP contribution in [0.2, 0.25) is 5.02 Å². The van der Waals surface area contributed by atoms with Crippen LogP contribution in [0.3, 0.4) is 0 Å². The normalized spacial score (nSPS) is 15.9. The van der Waals surface area contributed by atoms with Crippen LogP contribution in [0.15, 0.2) is 41.0 Å². The van der Waals surface area contributed by atoms with Gasteiger partial charge in [0.2, 0.25) is 0 Å². The molecule has 25 heavy (non-hydrogen) atoms. The Morgan fingerprint density at radius 3 is 2.76 bits per heavy atom. The lowest BCUT2D eigenvalue weighted by Gasteiger charge is -2.26. The van der Waals surface area contributed by atoms with Crippen LogP contribution in [-0.4, -0.2) is 35.4 Å². The summed E-state index contributed by atoms with van der Waals surface area (Å²) in [6, 6.07) is 7.61. The molecule has 3 rings (SSSR count). The molecular weight excluding hydrogens is 346 g/mol. The molecule has 132 valence electrons. The average Bonchev–Trinajstić information content (AvgIpc) is 3.29. The fraction of sp³-hybridized carbons (Fsp3) is 0.353. The van der Waals surface area contributed by atoms with Crippen LogP contribution in [0.1, 0.15) is 35.0 Å². The first kappa shape index (κ1) is 17.4. The lowest BCUT2D eigenvalue weighted by molar-refractivity contribution is -0.385. The molecule has 1 aromatic carbocycles. The van der Waals surface area contributed by atoms with Crippen LogP contribution in [-0.2, 0) is 0 Å². The minimum absolute atomic E-state index is 0.00554. The number of likely N-dealkylation sites (tertiary alicyclic amines) is 1. The summed E-state index contributed by atoms with van der Waals surface area (Å²) in [5.41, 5.74) is -0.310. The monoisotopic (exact) mass is 363 g/mol. The van der Waals surface area contributed by atoms with Crippen LogP contribution in [0.25, 0.3) is 0 Å². The van der Waals surface area contributed by atoms with Gasteiger partial charge < -0.3 is 9.73 Å². The first-order valence-electron chi connectivity index (χ1n) is 8.06. The van der Waals surface area contributed by atoms with Gasteiger partial charge in [0.1, 0.15) is 11.3 Å². The molecule has 0 radical (unpaired) electrons. The van der Waals surface area contributed by atoms with Gasteiger partial charge in [-0.15, -0.1) is 0 Å². The summed E-state index contributed by atoms with van der Waals surface area (Å²) in [7, 11) is 0. The fourth-order valence-electron chi connectivity index (χ4n) is 3.08. The highest BCUT2D eigenvalue weighted by molar-refractivity contribution is 6.31. The first-order valence-corrected chi connectivity index (χ1v) is 8.43. The molecule has 8 heteroatoms. The Bertz CT molecular complexity index is 757. The van der Waals surface area contributed by atoms with Gasteiger partial charge in [-0.1, -0.05) is 11.6 Å². The predicted molar refractivity (Wildman–Crippen MR) is 92.7 cm³/mol. The SMILES string of the molecule is O=C(NCC(c1ccco1)N1CCCC1)c1ccc(Cl)cc1[N+](=O)[O-]. The number of hydrogen-bond donors (Lipinski definition) is 1. The molecule has 2 aromatic rings. The van der Waals surface area contributed by atoms with Crippen molar-refractivity contribution < 1.29 is 14.1 Å². The summed E-state index contributed by atoms with van der Waals surface area (Å²) in [4.78, 5) is 25.3. The van der Waals surface area contributed by atoms with E-state index in [9.17, 15) is 14.9 Å². The van der Waals surface area contributed by atoms with E-state index in [0.29, 0.717) is 6.54 Å². The van der Waals surface area contributed by atoms with Gasteiger partial charge in [0.05, 0.1) is 17.2 Å². The average molecular weight is 364 g/mol. The van der Waals surface area contributed by atoms with Crippen molar-refractivity contribution in [3.05, 3.63) is 63.1 Å². The molecular formula is C17H18ClN3O4. The van der Waals surface area contributed by atoms with Crippen molar-refractivity contribution in [2.75, 3.05) is 19.6 Å². The molecule has 7 nitrogen and oxygen atoms in total. The number of amides is 1. The van der Waals surface area contributed by atoms with E-state index in [1.165, 1.54) is 18.2 Å². The zero-order valence-electron chi connectivity index (χ0n) is 13.5. The number of hydrogen-bond acceptors (Lipinski definition) is 5. The summed E-state index contributed by atoms with van der Waals surface area (Å²) in [5, 5.41) is 14.2. The Kier molecular flexibility index (Phi) is 5.35. The minimum atomic E-state index is -0.606. The van der Waals surface area contributed by atoms with E-state index in [-0.39, 0.29) is 22.3 Å². The number of halogens is 1. The third kappa shape index (κ3) is 4.00. The second-order valence-corrected chi connectivity index (χ2v) is 6.34. The van der Waals surface area contributed by atoms with Crippen LogP contribution >= 0.6 is 11.6 Å². The number of nitro benzene ring substituents is 1. The van der Waals surface area contributed by atoms with Crippen molar-refractivity contribution in [2.24, 2.45) is 0 Å². The van der Waals surface area contributed by atoms with Gasteiger partial charge >= 0.3 is 0 Å². The molecule has 1 fully saturated rings. The van der Waals surface area contributed by atoms with Gasteiger partial charge in [-0.05, 0) is 50.2 Å². The maximum Gasteiger partial charge on any atom is 0.283 e. The highest BCUT2D eigenvalue weighted by Gasteiger charge is 2.27. The second kappa shape index (κ2) is 7.67. The number of carbonyl (C=O) groups is 1. The number of carbonyl (C=O) groups excluding carboxylic acids is 1. The standard InChI is InChI=1S/C17H18ClN3O4/c18-12-5-6-13(14(10-12)21(23)24)17(22)19-11-15(16-4-3-9-25-16)20-7-1-2-8-20/h3-6,9-10,15H,1-2,7-8,11H2,(H,19,22). The van der Waals surface area contributed by atoms with Crippen molar-refractivity contribution in [3.8, 4) is 0 Å². The Morgan fingerprint density at radius 1 is 1.36 bits per heavy atom. The van der Waals surface area contributed by atoms with Crippen molar-refractivity contribution in [1.29, 1.82) is 0 Å². The Morgan fingerprint density at radius 2 is 2.12 bits per heavy atom. The Labute approximate surface area is 149 Å². The summed E-state index contributed by atoms with van der Waals surface area (Å²) in [6.45, 7) is 2.18. The zero-order valence-corrected chi connectivity index (χ0v) is 14.2. The maximum atomic E-state index is 12.5. The Hall–Kier alpha value is -2.38. The van der Waals surface area contributed by atoms with Crippen LogP contribution < -0.4 is 5.32 Å². The highest BCUT2D eigenvalue weighted by Crippen LogP contribution is 2.26. The number of rotatable bonds is 6. The van der Waals surface area contributed by atoms with E-state index in [4.69, 9.17) is 16.0 Å². The summed E-state index contributed by atoms with van der Waals surface area (Å²) < 4.78 is 5.51. The molecule has 1 N–H and O–H groups in total. The highest BCUT2D eigenvalue weighted by atomic mass is 35.5. The van der Waals surface area contributed by atoms with Gasteiger partial charge in [-0.2, -0.15) is 0 Å². The number of nitrogens with zero attached hydrogens (tertiary/aromatic N) is 2. The van der Waals surface area contributed by atoms with E-state index in [0.717, 1.165) is 31.7 Å². The number of nitro groups is 1. The van der Waals surface area contributed by atoms with Crippen LogP contribution in [0.4, 0.5) is 5.69 Å². The number of benzene rings is 1. The van der Waals surface area contributed by atoms with E-state index >= 15 is 0 Å². The van der Waals surface area contributed by atoms with E-state index in [2.05, 4.69) is 10.2 Å². The van der Waals surface area contributed by atoms with Crippen molar-refractivity contribution in [3.63, 3.8) is 0 Å². The Balaban J connectivity index is 1.75. The molecule has 1 unspecified atom stereocenters. The van der Waals surface area contributed by atoms with Crippen LogP contribution in [0.5, 0.6) is 0 Å². The van der Waals surface area contributed by atoms with Gasteiger partial charge in [-0.3, -0.25) is 19.8 Å². The molecule has 0 bridgehead atoms. The minimum Gasteiger partial charge on any atom is -0.468 e. The first-order chi connectivity index (χ1) is 12.1. The molecule has 1 atom stereocenters. The van der Waals surface area contributed by atoms with Gasteiger partial charge in [0, 0.05) is 17.6 Å². The molecule has 0 spiro atoms. The largest absolute Gasteiger partial charge is 0.468 e. The van der Waals surface area contributed by atoms with Crippen molar-refractivity contribution in [2.45, 2.75) is 18.9 Å². The molecule has 0 aliphatic carbocycles. The van der Waals surface area contributed by atoms with Crippen molar-refractivity contribution in [1.82, 2.24) is 10.2 Å². The quantitative estimate of drug-likeness (QED) is 0.627.